The summed E-state index contributed by atoms with van der Waals surface area (Å²) in [6.45, 7) is 0.850. The largest absolute Gasteiger partial charge is 0.493 e. The zero-order valence-electron chi connectivity index (χ0n) is 14.5. The number of hydrogen-bond donors (Lipinski definition) is 0. The van der Waals surface area contributed by atoms with Crippen LogP contribution in [0.5, 0.6) is 0 Å². The number of benzene rings is 2. The van der Waals surface area contributed by atoms with Crippen LogP contribution in [-0.4, -0.2) is 18.8 Å². The van der Waals surface area contributed by atoms with Gasteiger partial charge in [-0.2, -0.15) is 0 Å². The van der Waals surface area contributed by atoms with Crippen LogP contribution in [0.15, 0.2) is 72.2 Å². The summed E-state index contributed by atoms with van der Waals surface area (Å²) in [6, 6.07) is 19.1. The molecule has 0 bridgehead atoms. The first kappa shape index (κ1) is 15.6. The third-order valence-corrected chi connectivity index (χ3v) is 4.74. The Balaban J connectivity index is 1.92. The van der Waals surface area contributed by atoms with Gasteiger partial charge in [-0.3, -0.25) is 0 Å². The van der Waals surface area contributed by atoms with E-state index >= 15 is 0 Å². The second-order valence-corrected chi connectivity index (χ2v) is 6.14. The Morgan fingerprint density at radius 3 is 2.36 bits per heavy atom. The van der Waals surface area contributed by atoms with Crippen LogP contribution in [-0.2, 0) is 22.4 Å². The van der Waals surface area contributed by atoms with E-state index in [4.69, 9.17) is 9.47 Å². The molecule has 0 saturated heterocycles. The molecule has 126 valence electrons. The second-order valence-electron chi connectivity index (χ2n) is 6.14. The van der Waals surface area contributed by atoms with Crippen molar-refractivity contribution in [1.82, 2.24) is 4.57 Å². The summed E-state index contributed by atoms with van der Waals surface area (Å²) >= 11 is 0. The molecule has 1 heterocycles. The number of aromatic nitrogens is 1. The molecule has 0 N–H and O–H groups in total. The molecule has 0 amide bonds. The topological polar surface area (TPSA) is 23.4 Å². The van der Waals surface area contributed by atoms with Crippen molar-refractivity contribution in [3.63, 3.8) is 0 Å². The molecule has 0 spiro atoms. The minimum Gasteiger partial charge on any atom is -0.493 e. The molecule has 25 heavy (non-hydrogen) atoms. The summed E-state index contributed by atoms with van der Waals surface area (Å²) in [7, 11) is 3.37. The van der Waals surface area contributed by atoms with Gasteiger partial charge in [-0.25, -0.2) is 0 Å². The Morgan fingerprint density at radius 1 is 0.880 bits per heavy atom. The van der Waals surface area contributed by atoms with E-state index in [9.17, 15) is 0 Å². The molecule has 0 radical (unpaired) electrons. The molecule has 2 aromatic carbocycles. The van der Waals surface area contributed by atoms with Gasteiger partial charge in [0.15, 0.2) is 11.5 Å². The van der Waals surface area contributed by atoms with Gasteiger partial charge < -0.3 is 14.0 Å². The molecule has 1 aliphatic carbocycles. The number of methoxy groups -OCH3 is 2. The number of ether oxygens (including phenoxy) is 2. The van der Waals surface area contributed by atoms with Crippen LogP contribution in [0.1, 0.15) is 16.8 Å². The van der Waals surface area contributed by atoms with E-state index in [1.54, 1.807) is 14.2 Å². The molecule has 0 unspecified atom stereocenters. The Labute approximate surface area is 147 Å². The molecule has 3 nitrogen and oxygen atoms in total. The van der Waals surface area contributed by atoms with E-state index in [0.29, 0.717) is 0 Å². The highest BCUT2D eigenvalue weighted by Gasteiger charge is 2.20. The van der Waals surface area contributed by atoms with Gasteiger partial charge >= 0.3 is 0 Å². The lowest BCUT2D eigenvalue weighted by atomic mass is 10.1. The third-order valence-electron chi connectivity index (χ3n) is 4.74. The van der Waals surface area contributed by atoms with Crippen molar-refractivity contribution in [2.24, 2.45) is 0 Å². The van der Waals surface area contributed by atoms with Crippen LogP contribution in [0.3, 0.4) is 0 Å². The van der Waals surface area contributed by atoms with Gasteiger partial charge in [0.2, 0.25) is 0 Å². The fourth-order valence-corrected chi connectivity index (χ4v) is 3.55. The van der Waals surface area contributed by atoms with Gasteiger partial charge in [0.05, 0.1) is 14.2 Å². The van der Waals surface area contributed by atoms with Crippen molar-refractivity contribution >= 4 is 17.0 Å². The predicted octanol–water partition coefficient (Wildman–Crippen LogP) is 4.76. The maximum atomic E-state index is 5.57. The Hall–Kier alpha value is -2.94. The number of hydrogen-bond acceptors (Lipinski definition) is 2. The molecular weight excluding hydrogens is 310 g/mol. The average molecular weight is 331 g/mol. The molecule has 3 aromatic rings. The first-order valence-electron chi connectivity index (χ1n) is 8.46. The van der Waals surface area contributed by atoms with E-state index in [0.717, 1.165) is 24.5 Å². The van der Waals surface area contributed by atoms with Crippen molar-refractivity contribution in [2.75, 3.05) is 14.2 Å². The zero-order valence-corrected chi connectivity index (χ0v) is 14.5. The molecule has 4 rings (SSSR count). The fourth-order valence-electron chi connectivity index (χ4n) is 3.55. The van der Waals surface area contributed by atoms with Crippen LogP contribution in [0.2, 0.25) is 0 Å². The summed E-state index contributed by atoms with van der Waals surface area (Å²) in [6.07, 6.45) is 5.01. The third kappa shape index (κ3) is 2.72. The molecule has 3 heteroatoms. The van der Waals surface area contributed by atoms with E-state index in [1.165, 1.54) is 27.7 Å². The molecule has 0 fully saturated rings. The van der Waals surface area contributed by atoms with Crippen molar-refractivity contribution in [1.29, 1.82) is 0 Å². The van der Waals surface area contributed by atoms with Crippen LogP contribution >= 0.6 is 0 Å². The summed E-state index contributed by atoms with van der Waals surface area (Å²) < 4.78 is 13.5. The molecule has 1 aromatic heterocycles. The van der Waals surface area contributed by atoms with E-state index < -0.39 is 0 Å². The van der Waals surface area contributed by atoms with E-state index in [2.05, 4.69) is 71.3 Å². The molecule has 0 atom stereocenters. The van der Waals surface area contributed by atoms with Crippen LogP contribution in [0.4, 0.5) is 0 Å². The normalized spacial score (nSPS) is 13.7. The highest BCUT2D eigenvalue weighted by atomic mass is 16.5. The molecular formula is C22H21NO2. The van der Waals surface area contributed by atoms with Gasteiger partial charge in [0, 0.05) is 35.1 Å². The van der Waals surface area contributed by atoms with Gasteiger partial charge in [0.25, 0.3) is 0 Å². The Kier molecular flexibility index (Phi) is 4.06. The highest BCUT2D eigenvalue weighted by molar-refractivity contribution is 5.92. The Morgan fingerprint density at radius 2 is 1.60 bits per heavy atom. The zero-order chi connectivity index (χ0) is 17.2. The summed E-state index contributed by atoms with van der Waals surface area (Å²) in [5, 5.41) is 1.24. The molecule has 0 saturated carbocycles. The number of para-hydroxylation sites is 1. The maximum Gasteiger partial charge on any atom is 0.161 e. The average Bonchev–Trinajstić information content (AvgIpc) is 2.83. The van der Waals surface area contributed by atoms with E-state index in [-0.39, 0.29) is 0 Å². The lowest BCUT2D eigenvalue weighted by Crippen LogP contribution is -2.04. The quantitative estimate of drug-likeness (QED) is 0.688. The number of rotatable bonds is 4. The second kappa shape index (κ2) is 6.52. The fraction of sp³-hybridized carbons (Fsp3) is 0.182. The van der Waals surface area contributed by atoms with Crippen molar-refractivity contribution in [3.8, 4) is 0 Å². The number of allylic oxidation sites excluding steroid dienone is 1. The monoisotopic (exact) mass is 331 g/mol. The predicted molar refractivity (Wildman–Crippen MR) is 101 cm³/mol. The lowest BCUT2D eigenvalue weighted by Gasteiger charge is -2.10. The molecule has 0 aliphatic heterocycles. The summed E-state index contributed by atoms with van der Waals surface area (Å²) in [5.74, 6) is 1.55. The minimum atomic E-state index is 0.767. The number of nitrogens with zero attached hydrogens (tertiary/aromatic N) is 1. The standard InChI is InChI=1S/C22H21NO2/c1-24-21-13-12-20-18(14-22(21)25-2)17-10-6-7-11-19(17)23(20)15-16-8-4-3-5-9-16/h3-11,13-14H,12,15H2,1-2H3. The van der Waals surface area contributed by atoms with Crippen molar-refractivity contribution < 1.29 is 9.47 Å². The smallest absolute Gasteiger partial charge is 0.161 e. The SMILES string of the molecule is COC1=CCc2c(c3ccccc3n2Cc2ccccc2)C=C1OC. The maximum absolute atomic E-state index is 5.57. The van der Waals surface area contributed by atoms with E-state index in [1.807, 2.05) is 0 Å². The van der Waals surface area contributed by atoms with Crippen LogP contribution in [0, 0.1) is 0 Å². The van der Waals surface area contributed by atoms with Gasteiger partial charge in [-0.15, -0.1) is 0 Å². The Bertz CT molecular complexity index is 964. The number of fused-ring (bicyclic) bond motifs is 3. The minimum absolute atomic E-state index is 0.767. The lowest BCUT2D eigenvalue weighted by molar-refractivity contribution is 0.222. The summed E-state index contributed by atoms with van der Waals surface area (Å²) in [4.78, 5) is 0. The molecule has 1 aliphatic rings. The van der Waals surface area contributed by atoms with Gasteiger partial charge in [-0.05, 0) is 23.8 Å². The van der Waals surface area contributed by atoms with Crippen LogP contribution < -0.4 is 0 Å². The highest BCUT2D eigenvalue weighted by Crippen LogP contribution is 2.33. The first-order valence-corrected chi connectivity index (χ1v) is 8.46. The van der Waals surface area contributed by atoms with Crippen LogP contribution in [0.25, 0.3) is 17.0 Å². The van der Waals surface area contributed by atoms with Crippen molar-refractivity contribution in [3.05, 3.63) is 89.0 Å². The van der Waals surface area contributed by atoms with Crippen molar-refractivity contribution in [2.45, 2.75) is 13.0 Å². The summed E-state index contributed by atoms with van der Waals surface area (Å²) in [5.41, 5.74) is 5.04. The first-order chi connectivity index (χ1) is 12.3. The van der Waals surface area contributed by atoms with Gasteiger partial charge in [-0.1, -0.05) is 48.5 Å². The van der Waals surface area contributed by atoms with Gasteiger partial charge in [0.1, 0.15) is 0 Å².